The zero-order valence-electron chi connectivity index (χ0n) is 3.81. The number of hydrogen-bond donors (Lipinski definition) is 3. The topological polar surface area (TPSA) is 79.7 Å². The second-order valence-corrected chi connectivity index (χ2v) is 4.63. The van der Waals surface area contributed by atoms with Crippen LogP contribution in [0.5, 0.6) is 0 Å². The third-order valence-electron chi connectivity index (χ3n) is 0.338. The molecule has 5 nitrogen and oxygen atoms in total. The Labute approximate surface area is 74.8 Å². The molecule has 0 aliphatic rings. The summed E-state index contributed by atoms with van der Waals surface area (Å²) in [5.41, 5.74) is 7.74. The van der Waals surface area contributed by atoms with Crippen LogP contribution in [-0.2, 0) is 0 Å². The molecule has 0 rings (SSSR count). The minimum atomic E-state index is 0.189. The quantitative estimate of drug-likeness (QED) is 0.153. The molecule has 0 amide bonds. The molecule has 0 radical (unpaired) electrons. The maximum absolute atomic E-state index is 5.14. The van der Waals surface area contributed by atoms with E-state index in [0.717, 1.165) is 0 Å². The van der Waals surface area contributed by atoms with Crippen molar-refractivity contribution in [1.29, 1.82) is 0 Å². The van der Waals surface area contributed by atoms with Crippen LogP contribution in [0.2, 0.25) is 0 Å². The summed E-state index contributed by atoms with van der Waals surface area (Å²) in [5, 5.41) is 3.16. The molecule has 0 saturated carbocycles. The normalized spacial score (nSPS) is 12.1. The van der Waals surface area contributed by atoms with Crippen LogP contribution < -0.4 is 17.0 Å². The van der Waals surface area contributed by atoms with Gasteiger partial charge in [-0.25, -0.2) is 0 Å². The minimum absolute atomic E-state index is 0.189. The van der Waals surface area contributed by atoms with E-state index in [1.807, 2.05) is 45.7 Å². The van der Waals surface area contributed by atoms with E-state index >= 15 is 0 Å². The molecule has 0 spiro atoms. The van der Waals surface area contributed by atoms with Gasteiger partial charge in [-0.1, -0.05) is 1.44 Å². The number of nitrogens with two attached hydrogens (primary N) is 2. The molecular weight excluding hydrogens is 336 g/mol. The lowest BCUT2D eigenvalue weighted by atomic mass is 11.1. The molecule has 48 valence electrons. The van der Waals surface area contributed by atoms with Crippen molar-refractivity contribution < 1.29 is 0 Å². The number of nitrogens with one attached hydrogen (secondary N) is 1. The van der Waals surface area contributed by atoms with Crippen LogP contribution in [0.3, 0.4) is 0 Å². The summed E-state index contributed by atoms with van der Waals surface area (Å²) in [6, 6.07) is 0. The number of rotatable bonds is 1. The van der Waals surface area contributed by atoms with Crippen LogP contribution in [0.1, 0.15) is 0 Å². The summed E-state index contributed by atoms with van der Waals surface area (Å²) in [5.74, 6) is 4.98. The van der Waals surface area contributed by atoms with Gasteiger partial charge in [0.15, 0.2) is 0 Å². The zero-order chi connectivity index (χ0) is 6.57. The van der Waals surface area contributed by atoms with Crippen molar-refractivity contribution in [2.75, 3.05) is 0 Å². The van der Waals surface area contributed by atoms with E-state index in [1.165, 1.54) is 0 Å². The Hall–Kier alpha value is 0.490. The van der Waals surface area contributed by atoms with E-state index in [9.17, 15) is 0 Å². The van der Waals surface area contributed by atoms with Crippen molar-refractivity contribution in [2.24, 2.45) is 16.7 Å². The average Bonchev–Trinajstić information content (AvgIpc) is 1.65. The minimum Gasteiger partial charge on any atom is -0.367 e. The van der Waals surface area contributed by atoms with Crippen molar-refractivity contribution >= 4 is 51.7 Å². The smallest absolute Gasteiger partial charge is 0.226 e. The van der Waals surface area contributed by atoms with Crippen molar-refractivity contribution in [1.82, 2.24) is 6.86 Å². The van der Waals surface area contributed by atoms with Gasteiger partial charge in [0.1, 0.15) is 0 Å². The van der Waals surface area contributed by atoms with E-state index in [-0.39, 0.29) is 5.96 Å². The van der Waals surface area contributed by atoms with Crippen LogP contribution >= 0.6 is 45.7 Å². The molecule has 0 unspecified atom stereocenters. The Morgan fingerprint density at radius 3 is 2.25 bits per heavy atom. The molecule has 0 aromatic rings. The number of guanidine groups is 1. The van der Waals surface area contributed by atoms with Gasteiger partial charge in [-0.2, -0.15) is 0 Å². The number of nitrogens with zero attached hydrogens (tertiary/aromatic N) is 2. The van der Waals surface area contributed by atoms with Crippen LogP contribution in [0.25, 0.3) is 0 Å². The van der Waals surface area contributed by atoms with Crippen molar-refractivity contribution in [2.45, 2.75) is 0 Å². The largest absolute Gasteiger partial charge is 0.367 e. The summed E-state index contributed by atoms with van der Waals surface area (Å²) < 4.78 is 1.58. The van der Waals surface area contributed by atoms with Gasteiger partial charge in [-0.3, -0.25) is 5.43 Å². The maximum Gasteiger partial charge on any atom is 0.226 e. The fourth-order valence-electron chi connectivity index (χ4n) is 0.115. The predicted octanol–water partition coefficient (Wildman–Crippen LogP) is -0.319. The van der Waals surface area contributed by atoms with Gasteiger partial charge in [0.25, 0.3) is 0 Å². The Morgan fingerprint density at radius 2 is 2.12 bits per heavy atom. The Morgan fingerprint density at radius 1 is 1.62 bits per heavy atom. The molecule has 0 bridgehead atoms. The average molecular weight is 341 g/mol. The number of hydrazone groups is 1. The van der Waals surface area contributed by atoms with Gasteiger partial charge in [0.2, 0.25) is 5.96 Å². The lowest BCUT2D eigenvalue weighted by Crippen LogP contribution is -2.36. The predicted molar refractivity (Wildman–Crippen MR) is 48.8 cm³/mol. The van der Waals surface area contributed by atoms with E-state index < -0.39 is 0 Å². The fraction of sp³-hybridized carbons (Fsp3) is 0. The first kappa shape index (κ1) is 8.49. The SMILES string of the molecule is NN=C(N)NN(I)I. The molecule has 0 atom stereocenters. The molecule has 0 fully saturated rings. The van der Waals surface area contributed by atoms with E-state index in [2.05, 4.69) is 10.5 Å². The van der Waals surface area contributed by atoms with Crippen LogP contribution in [0.4, 0.5) is 0 Å². The van der Waals surface area contributed by atoms with Crippen molar-refractivity contribution in [3.8, 4) is 0 Å². The second kappa shape index (κ2) is 4.38. The monoisotopic (exact) mass is 341 g/mol. The first-order valence-corrected chi connectivity index (χ1v) is 3.51. The molecule has 7 heteroatoms. The van der Waals surface area contributed by atoms with Crippen LogP contribution in [0.15, 0.2) is 5.10 Å². The van der Waals surface area contributed by atoms with Gasteiger partial charge in [-0.05, 0) is 0 Å². The highest BCUT2D eigenvalue weighted by atomic mass is 127. The highest BCUT2D eigenvalue weighted by Crippen LogP contribution is 1.99. The molecular formula is CH5I2N5. The standard InChI is InChI=1S/CH5I2N5/c2-8(3)7-1(4)6-5/h5H2,(H3,4,6,7). The highest BCUT2D eigenvalue weighted by Gasteiger charge is 1.91. The number of halogens is 2. The Balaban J connectivity index is 3.39. The molecule has 5 N–H and O–H groups in total. The molecule has 0 aromatic carbocycles. The molecule has 8 heavy (non-hydrogen) atoms. The van der Waals surface area contributed by atoms with Gasteiger partial charge in [-0.15, -0.1) is 5.10 Å². The van der Waals surface area contributed by atoms with Gasteiger partial charge >= 0.3 is 0 Å². The highest BCUT2D eigenvalue weighted by molar-refractivity contribution is 14.2. The number of hydrogen-bond acceptors (Lipinski definition) is 3. The molecule has 0 saturated heterocycles. The number of hydrazine groups is 1. The lowest BCUT2D eigenvalue weighted by Gasteiger charge is -2.04. The molecule has 0 aromatic heterocycles. The van der Waals surface area contributed by atoms with E-state index in [0.29, 0.717) is 0 Å². The first-order chi connectivity index (χ1) is 3.66. The van der Waals surface area contributed by atoms with Crippen molar-refractivity contribution in [3.63, 3.8) is 0 Å². The fourth-order valence-corrected chi connectivity index (χ4v) is 0.610. The molecule has 0 aliphatic heterocycles. The van der Waals surface area contributed by atoms with Gasteiger partial charge in [0, 0.05) is 0 Å². The Bertz CT molecular complexity index is 88.4. The summed E-state index contributed by atoms with van der Waals surface area (Å²) in [4.78, 5) is 0. The first-order valence-electron chi connectivity index (χ1n) is 1.58. The molecule has 0 heterocycles. The Kier molecular flexibility index (Phi) is 4.64. The van der Waals surface area contributed by atoms with Crippen molar-refractivity contribution in [3.05, 3.63) is 0 Å². The van der Waals surface area contributed by atoms with E-state index in [4.69, 9.17) is 11.6 Å². The third-order valence-corrected chi connectivity index (χ3v) is 0.821. The van der Waals surface area contributed by atoms with Crippen LogP contribution in [-0.4, -0.2) is 7.40 Å². The zero-order valence-corrected chi connectivity index (χ0v) is 8.12. The lowest BCUT2D eigenvalue weighted by molar-refractivity contribution is 0.765. The van der Waals surface area contributed by atoms with E-state index in [1.54, 1.807) is 1.44 Å². The summed E-state index contributed by atoms with van der Waals surface area (Å²) in [6.07, 6.45) is 0. The van der Waals surface area contributed by atoms with Crippen LogP contribution in [0, 0.1) is 0 Å². The summed E-state index contributed by atoms with van der Waals surface area (Å²) in [6.45, 7) is 0. The summed E-state index contributed by atoms with van der Waals surface area (Å²) >= 11 is 3.95. The van der Waals surface area contributed by atoms with Gasteiger partial charge < -0.3 is 11.6 Å². The van der Waals surface area contributed by atoms with Gasteiger partial charge in [0.05, 0.1) is 45.7 Å². The third kappa shape index (κ3) is 4.64. The maximum atomic E-state index is 5.14. The summed E-state index contributed by atoms with van der Waals surface area (Å²) in [7, 11) is 0. The second-order valence-electron chi connectivity index (χ2n) is 0.859. The molecule has 0 aliphatic carbocycles.